The molecular weight excluding hydrogens is 739 g/mol. The van der Waals surface area contributed by atoms with Crippen LogP contribution in [0.1, 0.15) is 119 Å². The summed E-state index contributed by atoms with van der Waals surface area (Å²) in [5, 5.41) is 8.35. The molecule has 0 spiro atoms. The summed E-state index contributed by atoms with van der Waals surface area (Å²) in [7, 11) is 0. The quantitative estimate of drug-likeness (QED) is 0.0982. The van der Waals surface area contributed by atoms with Crippen molar-refractivity contribution < 1.29 is 0 Å². The molecule has 0 bridgehead atoms. The van der Waals surface area contributed by atoms with Gasteiger partial charge in [-0.2, -0.15) is 0 Å². The maximum Gasteiger partial charge on any atom is 0.0891 e. The first-order chi connectivity index (χ1) is 29.0. The molecule has 2 N–H and O–H groups in total. The molecule has 0 unspecified atom stereocenters. The smallest absolute Gasteiger partial charge is 0.0891 e. The standard InChI is InChI=1S/C53H63N5S/c1-6-9-17-31-57-33-19-25-40-35-42(27-29-44(40)57)47-46(37(4)8-3)51(56-59-5)48(43-28-30-45-41(36-43)26-20-34-58(45)32-18-10-7-2)53-52(47)54-49(38-21-13-11-14-22-38)50(55-53)39-23-15-12-16-24-39/h11-16,21-24,27-30,35-36,54-55H,6-10,17-20,25-26,31-34H2,1-5H3/b46-37+,56-51?. The van der Waals surface area contributed by atoms with Crippen LogP contribution in [-0.4, -0.2) is 38.1 Å². The molecule has 306 valence electrons. The second kappa shape index (κ2) is 19.0. The maximum atomic E-state index is 5.43. The van der Waals surface area contributed by atoms with E-state index in [2.05, 4.69) is 151 Å². The van der Waals surface area contributed by atoms with Gasteiger partial charge in [-0.05, 0) is 110 Å². The van der Waals surface area contributed by atoms with E-state index in [9.17, 15) is 0 Å². The third kappa shape index (κ3) is 8.44. The molecule has 0 radical (unpaired) electrons. The van der Waals surface area contributed by atoms with Crippen LogP contribution >= 0.6 is 11.9 Å². The van der Waals surface area contributed by atoms with Gasteiger partial charge >= 0.3 is 0 Å². The van der Waals surface area contributed by atoms with Gasteiger partial charge in [0.15, 0.2) is 0 Å². The lowest BCUT2D eigenvalue weighted by Crippen LogP contribution is -2.36. The van der Waals surface area contributed by atoms with Crippen molar-refractivity contribution in [2.24, 2.45) is 4.40 Å². The second-order valence-corrected chi connectivity index (χ2v) is 17.2. The third-order valence-electron chi connectivity index (χ3n) is 12.7. The van der Waals surface area contributed by atoms with Gasteiger partial charge in [-0.1, -0.05) is 125 Å². The van der Waals surface area contributed by atoms with Crippen LogP contribution in [0.3, 0.4) is 0 Å². The van der Waals surface area contributed by atoms with Crippen molar-refractivity contribution in [3.8, 4) is 0 Å². The molecular formula is C53H63N5S. The molecule has 59 heavy (non-hydrogen) atoms. The highest BCUT2D eigenvalue weighted by Gasteiger charge is 2.38. The minimum Gasteiger partial charge on any atom is -0.371 e. The van der Waals surface area contributed by atoms with Crippen LogP contribution in [0, 0.1) is 0 Å². The Kier molecular flexibility index (Phi) is 13.1. The van der Waals surface area contributed by atoms with Crippen LogP contribution in [-0.2, 0) is 12.8 Å². The first-order valence-electron chi connectivity index (χ1n) is 22.5. The molecule has 0 saturated heterocycles. The molecule has 0 fully saturated rings. The van der Waals surface area contributed by atoms with Crippen LogP contribution in [0.4, 0.5) is 11.4 Å². The molecule has 0 aromatic heterocycles. The second-order valence-electron chi connectivity index (χ2n) is 16.6. The third-order valence-corrected chi connectivity index (χ3v) is 13.1. The number of hydrogen-bond donors (Lipinski definition) is 2. The van der Waals surface area contributed by atoms with Crippen molar-refractivity contribution in [1.82, 2.24) is 10.6 Å². The van der Waals surface area contributed by atoms with E-state index in [1.807, 2.05) is 0 Å². The molecule has 3 aliphatic heterocycles. The van der Waals surface area contributed by atoms with E-state index in [4.69, 9.17) is 4.40 Å². The lowest BCUT2D eigenvalue weighted by atomic mass is 9.76. The summed E-state index contributed by atoms with van der Waals surface area (Å²) in [4.78, 5) is 5.27. The highest BCUT2D eigenvalue weighted by atomic mass is 32.2. The topological polar surface area (TPSA) is 42.9 Å². The molecule has 3 heterocycles. The Bertz CT molecular complexity index is 2300. The molecule has 5 nitrogen and oxygen atoms in total. The summed E-state index contributed by atoms with van der Waals surface area (Å²) in [6.45, 7) is 13.7. The van der Waals surface area contributed by atoms with Crippen LogP contribution in [0.15, 0.2) is 124 Å². The first kappa shape index (κ1) is 40.8. The fraction of sp³-hybridized carbons (Fsp3) is 0.377. The normalized spacial score (nSPS) is 18.1. The minimum atomic E-state index is 0.930. The lowest BCUT2D eigenvalue weighted by molar-refractivity contribution is 0.638. The van der Waals surface area contributed by atoms with Gasteiger partial charge in [-0.3, -0.25) is 0 Å². The number of benzene rings is 4. The van der Waals surface area contributed by atoms with Gasteiger partial charge in [0.25, 0.3) is 0 Å². The molecule has 0 saturated carbocycles. The molecule has 4 aromatic carbocycles. The van der Waals surface area contributed by atoms with Crippen LogP contribution in [0.5, 0.6) is 0 Å². The zero-order valence-corrected chi connectivity index (χ0v) is 36.9. The van der Waals surface area contributed by atoms with Crippen molar-refractivity contribution in [3.05, 3.63) is 153 Å². The highest BCUT2D eigenvalue weighted by molar-refractivity contribution is 7.97. The number of anilines is 2. The summed E-state index contributed by atoms with van der Waals surface area (Å²) < 4.78 is 5.43. The van der Waals surface area contributed by atoms with Gasteiger partial charge in [-0.15, -0.1) is 0 Å². The van der Waals surface area contributed by atoms with E-state index in [0.717, 1.165) is 85.1 Å². The molecule has 1 aliphatic carbocycles. The van der Waals surface area contributed by atoms with Gasteiger partial charge in [-0.25, -0.2) is 4.40 Å². The van der Waals surface area contributed by atoms with Crippen LogP contribution in [0.25, 0.3) is 22.5 Å². The Balaban J connectivity index is 1.39. The van der Waals surface area contributed by atoms with Crippen LogP contribution in [0.2, 0.25) is 0 Å². The van der Waals surface area contributed by atoms with E-state index in [-0.39, 0.29) is 0 Å². The zero-order chi connectivity index (χ0) is 40.7. The van der Waals surface area contributed by atoms with Crippen molar-refractivity contribution in [2.45, 2.75) is 98.3 Å². The van der Waals surface area contributed by atoms with Crippen molar-refractivity contribution in [2.75, 3.05) is 42.2 Å². The van der Waals surface area contributed by atoms with Gasteiger partial charge in [0.1, 0.15) is 0 Å². The van der Waals surface area contributed by atoms with Crippen LogP contribution < -0.4 is 20.4 Å². The number of nitrogens with one attached hydrogen (secondary N) is 2. The molecule has 0 atom stereocenters. The number of allylic oxidation sites excluding steroid dienone is 4. The summed E-state index contributed by atoms with van der Waals surface area (Å²) in [5.74, 6) is 0. The number of aryl methyl sites for hydroxylation is 2. The number of fused-ring (bicyclic) bond motifs is 3. The van der Waals surface area contributed by atoms with Crippen molar-refractivity contribution in [3.63, 3.8) is 0 Å². The molecule has 4 aromatic rings. The van der Waals surface area contributed by atoms with E-state index in [1.165, 1.54) is 107 Å². The van der Waals surface area contributed by atoms with Crippen molar-refractivity contribution in [1.29, 1.82) is 0 Å². The van der Waals surface area contributed by atoms with Gasteiger partial charge in [0.2, 0.25) is 0 Å². The maximum absolute atomic E-state index is 5.43. The molecule has 6 heteroatoms. The summed E-state index contributed by atoms with van der Waals surface area (Å²) in [5.41, 5.74) is 20.9. The highest BCUT2D eigenvalue weighted by Crippen LogP contribution is 2.48. The number of rotatable bonds is 14. The first-order valence-corrected chi connectivity index (χ1v) is 23.7. The zero-order valence-electron chi connectivity index (χ0n) is 36.1. The molecule has 4 aliphatic rings. The molecule has 8 rings (SSSR count). The summed E-state index contributed by atoms with van der Waals surface area (Å²) in [6, 6.07) is 36.3. The fourth-order valence-electron chi connectivity index (χ4n) is 9.58. The van der Waals surface area contributed by atoms with E-state index < -0.39 is 0 Å². The fourth-order valence-corrected chi connectivity index (χ4v) is 9.95. The van der Waals surface area contributed by atoms with E-state index in [1.54, 1.807) is 11.9 Å². The summed E-state index contributed by atoms with van der Waals surface area (Å²) >= 11 is 1.56. The summed E-state index contributed by atoms with van der Waals surface area (Å²) in [6.07, 6.45) is 15.1. The lowest BCUT2D eigenvalue weighted by Gasteiger charge is -2.38. The molecule has 0 amide bonds. The predicted molar refractivity (Wildman–Crippen MR) is 257 cm³/mol. The van der Waals surface area contributed by atoms with Gasteiger partial charge < -0.3 is 20.4 Å². The Morgan fingerprint density at radius 2 is 1.08 bits per heavy atom. The largest absolute Gasteiger partial charge is 0.371 e. The van der Waals surface area contributed by atoms with E-state index in [0.29, 0.717) is 0 Å². The van der Waals surface area contributed by atoms with Gasteiger partial charge in [0.05, 0.1) is 28.5 Å². The van der Waals surface area contributed by atoms with Gasteiger partial charge in [0, 0.05) is 71.7 Å². The average Bonchev–Trinajstić information content (AvgIpc) is 3.28. The average molecular weight is 802 g/mol. The minimum absolute atomic E-state index is 0.930. The van der Waals surface area contributed by atoms with Crippen molar-refractivity contribution >= 4 is 51.6 Å². The van der Waals surface area contributed by atoms with E-state index >= 15 is 0 Å². The Morgan fingerprint density at radius 1 is 0.593 bits per heavy atom. The SMILES string of the molecule is CCCCCN1CCCc2cc(C3=C4NC(c5ccccc5)=C(c5ccccc5)NC4=C(c4ccc5c(c4)CCCN5CCCCC)/C(=C(/C)CC)C3=NSC)ccc21. The number of nitrogens with zero attached hydrogens (tertiary/aromatic N) is 3. The Hall–Kier alpha value is -4.94. The number of unbranched alkanes of at least 4 members (excludes halogenated alkanes) is 4. The predicted octanol–water partition coefficient (Wildman–Crippen LogP) is 12.9. The monoisotopic (exact) mass is 801 g/mol. The Labute approximate surface area is 358 Å². The Morgan fingerprint density at radius 3 is 1.56 bits per heavy atom. The number of hydrogen-bond acceptors (Lipinski definition) is 6.